The molecule has 0 aliphatic rings. The van der Waals surface area contributed by atoms with E-state index in [4.69, 9.17) is 5.73 Å². The molecule has 0 amide bonds. The predicted octanol–water partition coefficient (Wildman–Crippen LogP) is -0.356. The van der Waals surface area contributed by atoms with E-state index in [0.717, 1.165) is 19.3 Å². The summed E-state index contributed by atoms with van der Waals surface area (Å²) < 4.78 is 0. The Morgan fingerprint density at radius 3 is 2.60 bits per heavy atom. The summed E-state index contributed by atoms with van der Waals surface area (Å²) in [7, 11) is 0. The van der Waals surface area contributed by atoms with E-state index in [0.29, 0.717) is 6.42 Å². The first-order chi connectivity index (χ1) is 4.68. The molecular formula is C7H14NO2-. The van der Waals surface area contributed by atoms with Gasteiger partial charge in [0.25, 0.3) is 0 Å². The van der Waals surface area contributed by atoms with Crippen molar-refractivity contribution in [2.24, 2.45) is 5.73 Å². The molecule has 0 saturated heterocycles. The first-order valence-corrected chi connectivity index (χ1v) is 3.65. The molecule has 2 N–H and O–H groups in total. The normalized spacial score (nSPS) is 13.0. The standard InChI is InChI=1S/C7H15NO2/c1-2-3-4-5-6(8)7(9)10/h6H,2-5,8H2,1H3,(H,9,10)/p-1/t6-/m0/s1. The minimum absolute atomic E-state index is 0.538. The second kappa shape index (κ2) is 5.23. The average molecular weight is 144 g/mol. The van der Waals surface area contributed by atoms with Gasteiger partial charge in [0.05, 0.1) is 5.97 Å². The van der Waals surface area contributed by atoms with Crippen molar-refractivity contribution < 1.29 is 9.90 Å². The van der Waals surface area contributed by atoms with E-state index >= 15 is 0 Å². The quantitative estimate of drug-likeness (QED) is 0.536. The summed E-state index contributed by atoms with van der Waals surface area (Å²) in [5, 5.41) is 10.1. The van der Waals surface area contributed by atoms with Gasteiger partial charge < -0.3 is 15.6 Å². The van der Waals surface area contributed by atoms with Crippen molar-refractivity contribution in [2.75, 3.05) is 0 Å². The van der Waals surface area contributed by atoms with E-state index in [-0.39, 0.29) is 0 Å². The molecule has 1 atom stereocenters. The van der Waals surface area contributed by atoms with Crippen molar-refractivity contribution in [2.45, 2.75) is 38.6 Å². The van der Waals surface area contributed by atoms with Gasteiger partial charge in [-0.2, -0.15) is 0 Å². The van der Waals surface area contributed by atoms with Crippen molar-refractivity contribution in [3.8, 4) is 0 Å². The van der Waals surface area contributed by atoms with Crippen LogP contribution in [0.15, 0.2) is 0 Å². The summed E-state index contributed by atoms with van der Waals surface area (Å²) in [5.41, 5.74) is 5.20. The van der Waals surface area contributed by atoms with E-state index in [1.807, 2.05) is 0 Å². The number of rotatable bonds is 5. The van der Waals surface area contributed by atoms with Gasteiger partial charge in [-0.15, -0.1) is 0 Å². The van der Waals surface area contributed by atoms with Crippen LogP contribution < -0.4 is 10.8 Å². The van der Waals surface area contributed by atoms with E-state index < -0.39 is 12.0 Å². The lowest BCUT2D eigenvalue weighted by Gasteiger charge is -2.10. The Labute approximate surface area is 61.2 Å². The Morgan fingerprint density at radius 1 is 1.60 bits per heavy atom. The van der Waals surface area contributed by atoms with Crippen LogP contribution in [0.4, 0.5) is 0 Å². The van der Waals surface area contributed by atoms with Gasteiger partial charge in [-0.25, -0.2) is 0 Å². The molecule has 0 saturated carbocycles. The fourth-order valence-electron chi connectivity index (χ4n) is 0.732. The summed E-state index contributed by atoms with van der Waals surface area (Å²) in [6.07, 6.45) is 3.54. The number of carboxylic acid groups (broad SMARTS) is 1. The van der Waals surface area contributed by atoms with Crippen LogP contribution in [0.5, 0.6) is 0 Å². The maximum absolute atomic E-state index is 10.1. The summed E-state index contributed by atoms with van der Waals surface area (Å²) in [4.78, 5) is 10.1. The third-order valence-electron chi connectivity index (χ3n) is 1.42. The fraction of sp³-hybridized carbons (Fsp3) is 0.857. The number of carbonyl (C=O) groups is 1. The molecule has 0 aromatic rings. The topological polar surface area (TPSA) is 66.2 Å². The van der Waals surface area contributed by atoms with Gasteiger partial charge >= 0.3 is 0 Å². The lowest BCUT2D eigenvalue weighted by atomic mass is 10.1. The fourth-order valence-corrected chi connectivity index (χ4v) is 0.732. The van der Waals surface area contributed by atoms with Crippen molar-refractivity contribution >= 4 is 5.97 Å². The number of carbonyl (C=O) groups excluding carboxylic acids is 1. The van der Waals surface area contributed by atoms with E-state index in [9.17, 15) is 9.90 Å². The zero-order valence-electron chi connectivity index (χ0n) is 6.30. The lowest BCUT2D eigenvalue weighted by Crippen LogP contribution is -2.41. The molecule has 0 aliphatic heterocycles. The summed E-state index contributed by atoms with van der Waals surface area (Å²) in [5.74, 6) is -1.14. The van der Waals surface area contributed by atoms with Crippen molar-refractivity contribution in [1.82, 2.24) is 0 Å². The van der Waals surface area contributed by atoms with Crippen LogP contribution >= 0.6 is 0 Å². The van der Waals surface area contributed by atoms with Crippen molar-refractivity contribution in [3.63, 3.8) is 0 Å². The van der Waals surface area contributed by atoms with E-state index in [1.54, 1.807) is 0 Å². The molecule has 0 aromatic heterocycles. The molecule has 0 radical (unpaired) electrons. The average Bonchev–Trinajstić information content (AvgIpc) is 1.88. The smallest absolute Gasteiger partial charge is 0.0582 e. The minimum Gasteiger partial charge on any atom is -0.548 e. The Kier molecular flexibility index (Phi) is 4.94. The second-order valence-electron chi connectivity index (χ2n) is 2.42. The highest BCUT2D eigenvalue weighted by atomic mass is 16.4. The zero-order valence-corrected chi connectivity index (χ0v) is 6.30. The van der Waals surface area contributed by atoms with Gasteiger partial charge in [-0.05, 0) is 6.42 Å². The molecule has 0 fully saturated rings. The first kappa shape index (κ1) is 9.43. The Morgan fingerprint density at radius 2 is 2.20 bits per heavy atom. The second-order valence-corrected chi connectivity index (χ2v) is 2.42. The summed E-state index contributed by atoms with van der Waals surface area (Å²) in [6.45, 7) is 2.06. The van der Waals surface area contributed by atoms with Crippen LogP contribution in [0.1, 0.15) is 32.6 Å². The Hall–Kier alpha value is -0.570. The molecule has 3 heteroatoms. The molecule has 0 bridgehead atoms. The number of hydrogen-bond donors (Lipinski definition) is 1. The van der Waals surface area contributed by atoms with Crippen LogP contribution in [0.25, 0.3) is 0 Å². The van der Waals surface area contributed by atoms with Gasteiger partial charge in [-0.1, -0.05) is 26.2 Å². The SMILES string of the molecule is CCCCC[C@H](N)C(=O)[O-]. The van der Waals surface area contributed by atoms with E-state index in [1.165, 1.54) is 0 Å². The van der Waals surface area contributed by atoms with Crippen LogP contribution in [0.2, 0.25) is 0 Å². The monoisotopic (exact) mass is 144 g/mol. The molecule has 60 valence electrons. The minimum atomic E-state index is -1.14. The lowest BCUT2D eigenvalue weighted by molar-refractivity contribution is -0.307. The van der Waals surface area contributed by atoms with Crippen molar-refractivity contribution in [3.05, 3.63) is 0 Å². The van der Waals surface area contributed by atoms with E-state index in [2.05, 4.69) is 6.92 Å². The maximum atomic E-state index is 10.1. The van der Waals surface area contributed by atoms with Gasteiger partial charge in [0, 0.05) is 6.04 Å². The largest absolute Gasteiger partial charge is 0.548 e. The van der Waals surface area contributed by atoms with Gasteiger partial charge in [0.15, 0.2) is 0 Å². The number of carboxylic acids is 1. The zero-order chi connectivity index (χ0) is 7.98. The third kappa shape index (κ3) is 4.32. The maximum Gasteiger partial charge on any atom is 0.0582 e. The third-order valence-corrected chi connectivity index (χ3v) is 1.42. The van der Waals surface area contributed by atoms with Gasteiger partial charge in [0.2, 0.25) is 0 Å². The number of unbranched alkanes of at least 4 members (excludes halogenated alkanes) is 2. The molecule has 0 rings (SSSR count). The molecular weight excluding hydrogens is 130 g/mol. The molecule has 0 aliphatic carbocycles. The molecule has 0 heterocycles. The molecule has 0 spiro atoms. The van der Waals surface area contributed by atoms with Crippen LogP contribution in [0.3, 0.4) is 0 Å². The number of aliphatic carboxylic acids is 1. The van der Waals surface area contributed by atoms with Gasteiger partial charge in [-0.3, -0.25) is 0 Å². The summed E-state index contributed by atoms with van der Waals surface area (Å²) >= 11 is 0. The Balaban J connectivity index is 3.21. The highest BCUT2D eigenvalue weighted by Crippen LogP contribution is 2.00. The number of nitrogens with two attached hydrogens (primary N) is 1. The van der Waals surface area contributed by atoms with Crippen molar-refractivity contribution in [1.29, 1.82) is 0 Å². The first-order valence-electron chi connectivity index (χ1n) is 3.65. The van der Waals surface area contributed by atoms with Gasteiger partial charge in [0.1, 0.15) is 0 Å². The molecule has 10 heavy (non-hydrogen) atoms. The van der Waals surface area contributed by atoms with Crippen LogP contribution in [-0.4, -0.2) is 12.0 Å². The van der Waals surface area contributed by atoms with Crippen LogP contribution in [-0.2, 0) is 4.79 Å². The molecule has 0 unspecified atom stereocenters. The molecule has 0 aromatic carbocycles. The Bertz CT molecular complexity index is 104. The van der Waals surface area contributed by atoms with Crippen LogP contribution in [0, 0.1) is 0 Å². The molecule has 3 nitrogen and oxygen atoms in total. The predicted molar refractivity (Wildman–Crippen MR) is 37.1 cm³/mol. The highest BCUT2D eigenvalue weighted by molar-refractivity contribution is 5.70. The highest BCUT2D eigenvalue weighted by Gasteiger charge is 2.00. The number of hydrogen-bond acceptors (Lipinski definition) is 3. The summed E-state index contributed by atoms with van der Waals surface area (Å²) in [6, 6.07) is -0.772.